The molecule has 1 aliphatic heterocycles. The van der Waals surface area contributed by atoms with Crippen molar-refractivity contribution < 1.29 is 19.4 Å². The highest BCUT2D eigenvalue weighted by Gasteiger charge is 2.48. The Morgan fingerprint density at radius 3 is 2.22 bits per heavy atom. The number of carbonyl (C=O) groups is 2. The first-order valence-electron chi connectivity index (χ1n) is 6.10. The zero-order chi connectivity index (χ0) is 14.1. The second-order valence-corrected chi connectivity index (χ2v) is 5.78. The molecule has 1 fully saturated rings. The van der Waals surface area contributed by atoms with Crippen LogP contribution in [0.4, 0.5) is 4.79 Å². The summed E-state index contributed by atoms with van der Waals surface area (Å²) < 4.78 is 5.20. The number of rotatable bonds is 3. The van der Waals surface area contributed by atoms with E-state index < -0.39 is 23.2 Å². The van der Waals surface area contributed by atoms with Gasteiger partial charge in [-0.05, 0) is 27.2 Å². The summed E-state index contributed by atoms with van der Waals surface area (Å²) in [5, 5.41) is 9.12. The first-order chi connectivity index (χ1) is 8.10. The third-order valence-corrected chi connectivity index (χ3v) is 3.24. The van der Waals surface area contributed by atoms with Crippen molar-refractivity contribution in [2.24, 2.45) is 11.7 Å². The number of carboxylic acid groups (broad SMARTS) is 1. The van der Waals surface area contributed by atoms with Crippen LogP contribution in [-0.4, -0.2) is 46.3 Å². The van der Waals surface area contributed by atoms with Gasteiger partial charge >= 0.3 is 12.1 Å². The van der Waals surface area contributed by atoms with Gasteiger partial charge < -0.3 is 20.5 Å². The first kappa shape index (κ1) is 14.8. The molecule has 1 rings (SSSR count). The van der Waals surface area contributed by atoms with Gasteiger partial charge in [-0.25, -0.2) is 4.79 Å². The van der Waals surface area contributed by atoms with Crippen LogP contribution in [0.25, 0.3) is 0 Å². The number of carboxylic acids is 1. The minimum atomic E-state index is -1.25. The van der Waals surface area contributed by atoms with Gasteiger partial charge in [-0.2, -0.15) is 0 Å². The van der Waals surface area contributed by atoms with Crippen molar-refractivity contribution in [1.82, 2.24) is 4.90 Å². The summed E-state index contributed by atoms with van der Waals surface area (Å²) in [7, 11) is 0. The van der Waals surface area contributed by atoms with E-state index in [9.17, 15) is 9.59 Å². The van der Waals surface area contributed by atoms with E-state index in [1.807, 2.05) is 0 Å². The Morgan fingerprint density at radius 2 is 1.89 bits per heavy atom. The number of hydrogen-bond donors (Lipinski definition) is 2. The molecule has 0 saturated carbocycles. The maximum atomic E-state index is 11.7. The number of aliphatic carboxylic acids is 1. The van der Waals surface area contributed by atoms with Gasteiger partial charge in [-0.1, -0.05) is 6.92 Å². The minimum Gasteiger partial charge on any atom is -0.480 e. The highest BCUT2D eigenvalue weighted by Crippen LogP contribution is 2.29. The largest absolute Gasteiger partial charge is 0.480 e. The monoisotopic (exact) mass is 258 g/mol. The zero-order valence-corrected chi connectivity index (χ0v) is 11.4. The number of hydrogen-bond acceptors (Lipinski definition) is 4. The van der Waals surface area contributed by atoms with Crippen LogP contribution in [0.3, 0.4) is 0 Å². The summed E-state index contributed by atoms with van der Waals surface area (Å²) in [5.41, 5.74) is 4.06. The van der Waals surface area contributed by atoms with E-state index in [4.69, 9.17) is 15.6 Å². The second-order valence-electron chi connectivity index (χ2n) is 5.78. The van der Waals surface area contributed by atoms with Crippen molar-refractivity contribution >= 4 is 12.1 Å². The number of nitrogens with zero attached hydrogens (tertiary/aromatic N) is 1. The molecule has 104 valence electrons. The Balaban J connectivity index is 2.54. The minimum absolute atomic E-state index is 0.215. The van der Waals surface area contributed by atoms with Crippen molar-refractivity contribution in [3.05, 3.63) is 0 Å². The van der Waals surface area contributed by atoms with Crippen LogP contribution in [0.2, 0.25) is 0 Å². The molecule has 18 heavy (non-hydrogen) atoms. The first-order valence-corrected chi connectivity index (χ1v) is 6.10. The van der Waals surface area contributed by atoms with E-state index in [0.29, 0.717) is 19.5 Å². The van der Waals surface area contributed by atoms with Gasteiger partial charge in [0.2, 0.25) is 0 Å². The van der Waals surface area contributed by atoms with Gasteiger partial charge in [0, 0.05) is 19.0 Å². The predicted octanol–water partition coefficient (Wildman–Crippen LogP) is 1.05. The molecule has 0 aromatic heterocycles. The average Bonchev–Trinajstić information content (AvgIpc) is 2.11. The van der Waals surface area contributed by atoms with Crippen LogP contribution >= 0.6 is 0 Å². The molecular formula is C12H22N2O4. The maximum Gasteiger partial charge on any atom is 0.410 e. The van der Waals surface area contributed by atoms with Gasteiger partial charge in [0.1, 0.15) is 11.1 Å². The van der Waals surface area contributed by atoms with Gasteiger partial charge in [0.25, 0.3) is 0 Å². The van der Waals surface area contributed by atoms with Crippen LogP contribution in [-0.2, 0) is 9.53 Å². The summed E-state index contributed by atoms with van der Waals surface area (Å²) in [6.45, 7) is 7.79. The number of carbonyl (C=O) groups excluding carboxylic acids is 1. The Bertz CT molecular complexity index is 344. The normalized spacial score (nSPS) is 19.9. The predicted molar refractivity (Wildman–Crippen MR) is 66.1 cm³/mol. The Hall–Kier alpha value is -1.30. The van der Waals surface area contributed by atoms with E-state index >= 15 is 0 Å². The Labute approximate surface area is 107 Å². The van der Waals surface area contributed by atoms with Crippen molar-refractivity contribution in [3.8, 4) is 0 Å². The van der Waals surface area contributed by atoms with Crippen LogP contribution in [0.5, 0.6) is 0 Å². The molecule has 0 bridgehead atoms. The molecule has 6 heteroatoms. The van der Waals surface area contributed by atoms with E-state index in [1.54, 1.807) is 27.7 Å². The highest BCUT2D eigenvalue weighted by molar-refractivity contribution is 5.80. The molecule has 0 aromatic rings. The van der Waals surface area contributed by atoms with E-state index in [0.717, 1.165) is 0 Å². The van der Waals surface area contributed by atoms with Gasteiger partial charge in [-0.15, -0.1) is 0 Å². The molecule has 3 N–H and O–H groups in total. The zero-order valence-electron chi connectivity index (χ0n) is 11.4. The van der Waals surface area contributed by atoms with Crippen molar-refractivity contribution in [2.75, 3.05) is 13.1 Å². The molecule has 1 atom stereocenters. The molecular weight excluding hydrogens is 236 g/mol. The second kappa shape index (κ2) is 4.76. The lowest BCUT2D eigenvalue weighted by Gasteiger charge is -2.46. The number of nitrogens with two attached hydrogens (primary N) is 1. The molecule has 0 aromatic carbocycles. The van der Waals surface area contributed by atoms with Crippen LogP contribution in [0, 0.1) is 5.92 Å². The van der Waals surface area contributed by atoms with Crippen LogP contribution < -0.4 is 5.73 Å². The van der Waals surface area contributed by atoms with Crippen LogP contribution in [0.1, 0.15) is 34.1 Å². The summed E-state index contributed by atoms with van der Waals surface area (Å²) in [6.07, 6.45) is -0.0718. The molecule has 1 heterocycles. The third-order valence-electron chi connectivity index (χ3n) is 3.24. The van der Waals surface area contributed by atoms with Gasteiger partial charge in [-0.3, -0.25) is 4.79 Å². The van der Waals surface area contributed by atoms with Crippen LogP contribution in [0.15, 0.2) is 0 Å². The topological polar surface area (TPSA) is 92.9 Å². The fraction of sp³-hybridized carbons (Fsp3) is 0.833. The molecule has 1 unspecified atom stereocenters. The van der Waals surface area contributed by atoms with Gasteiger partial charge in [0.05, 0.1) is 0 Å². The molecule has 0 radical (unpaired) electrons. The van der Waals surface area contributed by atoms with Crippen molar-refractivity contribution in [3.63, 3.8) is 0 Å². The fourth-order valence-electron chi connectivity index (χ4n) is 1.89. The standard InChI is InChI=1S/C12H22N2O4/c1-5-12(13,9(15)16)8-6-14(7-8)10(17)18-11(2,3)4/h8H,5-7,13H2,1-4H3,(H,15,16). The van der Waals surface area contributed by atoms with E-state index in [2.05, 4.69) is 0 Å². The fourth-order valence-corrected chi connectivity index (χ4v) is 1.89. The molecule has 0 spiro atoms. The van der Waals surface area contributed by atoms with E-state index in [1.165, 1.54) is 4.90 Å². The molecule has 1 aliphatic rings. The molecule has 6 nitrogen and oxygen atoms in total. The lowest BCUT2D eigenvalue weighted by Crippen LogP contribution is -2.66. The third kappa shape index (κ3) is 2.93. The van der Waals surface area contributed by atoms with Crippen molar-refractivity contribution in [2.45, 2.75) is 45.3 Å². The SMILES string of the molecule is CCC(N)(C(=O)O)C1CN(C(=O)OC(C)(C)C)C1. The molecule has 1 amide bonds. The summed E-state index contributed by atoms with van der Waals surface area (Å²) in [6, 6.07) is 0. The number of amides is 1. The Kier molecular flexibility index (Phi) is 3.90. The lowest BCUT2D eigenvalue weighted by atomic mass is 9.77. The van der Waals surface area contributed by atoms with E-state index in [-0.39, 0.29) is 5.92 Å². The van der Waals surface area contributed by atoms with Crippen molar-refractivity contribution in [1.29, 1.82) is 0 Å². The smallest absolute Gasteiger partial charge is 0.410 e. The lowest BCUT2D eigenvalue weighted by molar-refractivity contribution is -0.148. The summed E-state index contributed by atoms with van der Waals surface area (Å²) >= 11 is 0. The summed E-state index contributed by atoms with van der Waals surface area (Å²) in [5.74, 6) is -1.23. The maximum absolute atomic E-state index is 11.7. The van der Waals surface area contributed by atoms with Gasteiger partial charge in [0.15, 0.2) is 0 Å². The quantitative estimate of drug-likeness (QED) is 0.789. The average molecular weight is 258 g/mol. The number of ether oxygens (including phenoxy) is 1. The Morgan fingerprint density at radius 1 is 1.39 bits per heavy atom. The molecule has 0 aliphatic carbocycles. The molecule has 1 saturated heterocycles. The highest BCUT2D eigenvalue weighted by atomic mass is 16.6. The number of likely N-dealkylation sites (tertiary alicyclic amines) is 1. The summed E-state index contributed by atoms with van der Waals surface area (Å²) in [4.78, 5) is 24.3.